The van der Waals surface area contributed by atoms with E-state index < -0.39 is 0 Å². The Kier molecular flexibility index (Phi) is 8.04. The Morgan fingerprint density at radius 1 is 1.12 bits per heavy atom. The van der Waals surface area contributed by atoms with Gasteiger partial charge in [0.15, 0.2) is 0 Å². The fourth-order valence-corrected chi connectivity index (χ4v) is 2.41. The van der Waals surface area contributed by atoms with Crippen LogP contribution in [0.25, 0.3) is 0 Å². The minimum Gasteiger partial charge on any atom is -0.384 e. The standard InChI is InChI=1S/C14H31NO/c1-7-14(8-2,13(5)10-16-6)11-15-9-12(3)4/h12-13,15H,7-11H2,1-6H3. The molecule has 1 unspecified atom stereocenters. The quantitative estimate of drug-likeness (QED) is 0.655. The van der Waals surface area contributed by atoms with Crippen molar-refractivity contribution in [3.63, 3.8) is 0 Å². The van der Waals surface area contributed by atoms with Gasteiger partial charge in [-0.1, -0.05) is 34.6 Å². The van der Waals surface area contributed by atoms with E-state index in [0.29, 0.717) is 11.3 Å². The summed E-state index contributed by atoms with van der Waals surface area (Å²) in [5, 5.41) is 3.61. The van der Waals surface area contributed by atoms with E-state index in [2.05, 4.69) is 39.9 Å². The Labute approximate surface area is 102 Å². The summed E-state index contributed by atoms with van der Waals surface area (Å²) in [4.78, 5) is 0. The molecule has 16 heavy (non-hydrogen) atoms. The summed E-state index contributed by atoms with van der Waals surface area (Å²) in [5.41, 5.74) is 0.394. The molecular weight excluding hydrogens is 198 g/mol. The fourth-order valence-electron chi connectivity index (χ4n) is 2.41. The van der Waals surface area contributed by atoms with Crippen molar-refractivity contribution >= 4 is 0 Å². The highest BCUT2D eigenvalue weighted by Gasteiger charge is 2.32. The van der Waals surface area contributed by atoms with Crippen LogP contribution < -0.4 is 5.32 Å². The molecule has 0 aromatic rings. The molecule has 0 heterocycles. The van der Waals surface area contributed by atoms with E-state index in [-0.39, 0.29) is 0 Å². The van der Waals surface area contributed by atoms with Gasteiger partial charge in [0, 0.05) is 20.3 Å². The van der Waals surface area contributed by atoms with Crippen molar-refractivity contribution in [3.05, 3.63) is 0 Å². The number of rotatable bonds is 9. The van der Waals surface area contributed by atoms with E-state index in [1.54, 1.807) is 7.11 Å². The topological polar surface area (TPSA) is 21.3 Å². The molecule has 0 aliphatic rings. The lowest BCUT2D eigenvalue weighted by atomic mass is 9.72. The molecule has 0 aliphatic carbocycles. The lowest BCUT2D eigenvalue weighted by Crippen LogP contribution is -2.41. The Morgan fingerprint density at radius 2 is 1.69 bits per heavy atom. The van der Waals surface area contributed by atoms with Crippen molar-refractivity contribution in [1.29, 1.82) is 0 Å². The van der Waals surface area contributed by atoms with E-state index in [9.17, 15) is 0 Å². The zero-order valence-electron chi connectivity index (χ0n) is 12.1. The maximum atomic E-state index is 5.31. The summed E-state index contributed by atoms with van der Waals surface area (Å²) >= 11 is 0. The molecule has 0 spiro atoms. The van der Waals surface area contributed by atoms with Crippen LogP contribution in [0.4, 0.5) is 0 Å². The number of hydrogen-bond acceptors (Lipinski definition) is 2. The first-order chi connectivity index (χ1) is 7.52. The van der Waals surface area contributed by atoms with Crippen molar-refractivity contribution in [2.75, 3.05) is 26.8 Å². The van der Waals surface area contributed by atoms with Crippen LogP contribution in [0.15, 0.2) is 0 Å². The van der Waals surface area contributed by atoms with Crippen molar-refractivity contribution in [2.45, 2.75) is 47.5 Å². The van der Waals surface area contributed by atoms with Crippen LogP contribution in [0.5, 0.6) is 0 Å². The SMILES string of the molecule is CCC(CC)(CNCC(C)C)C(C)COC. The molecule has 2 nitrogen and oxygen atoms in total. The highest BCUT2D eigenvalue weighted by atomic mass is 16.5. The predicted molar refractivity (Wildman–Crippen MR) is 71.8 cm³/mol. The van der Waals surface area contributed by atoms with E-state index in [4.69, 9.17) is 4.74 Å². The monoisotopic (exact) mass is 229 g/mol. The molecule has 0 amide bonds. The van der Waals surface area contributed by atoms with Gasteiger partial charge in [0.1, 0.15) is 0 Å². The summed E-state index contributed by atoms with van der Waals surface area (Å²) in [6.45, 7) is 14.5. The maximum Gasteiger partial charge on any atom is 0.0493 e. The van der Waals surface area contributed by atoms with Crippen molar-refractivity contribution < 1.29 is 4.74 Å². The first-order valence-corrected chi connectivity index (χ1v) is 6.72. The van der Waals surface area contributed by atoms with E-state index in [1.807, 2.05) is 0 Å². The molecule has 98 valence electrons. The molecule has 0 saturated heterocycles. The zero-order valence-corrected chi connectivity index (χ0v) is 12.1. The molecule has 2 heteroatoms. The second-order valence-corrected chi connectivity index (χ2v) is 5.45. The average Bonchev–Trinajstić information content (AvgIpc) is 2.24. The van der Waals surface area contributed by atoms with Crippen LogP contribution in [-0.4, -0.2) is 26.8 Å². The summed E-state index contributed by atoms with van der Waals surface area (Å²) in [7, 11) is 1.80. The smallest absolute Gasteiger partial charge is 0.0493 e. The largest absolute Gasteiger partial charge is 0.384 e. The van der Waals surface area contributed by atoms with Crippen molar-refractivity contribution in [1.82, 2.24) is 5.32 Å². The first kappa shape index (κ1) is 15.9. The van der Waals surface area contributed by atoms with Crippen LogP contribution in [0.3, 0.4) is 0 Å². The third kappa shape index (κ3) is 4.84. The van der Waals surface area contributed by atoms with Gasteiger partial charge in [0.2, 0.25) is 0 Å². The minimum absolute atomic E-state index is 0.394. The molecular formula is C14H31NO. The lowest BCUT2D eigenvalue weighted by molar-refractivity contribution is 0.0616. The number of nitrogens with one attached hydrogen (secondary N) is 1. The number of ether oxygens (including phenoxy) is 1. The normalized spacial score (nSPS) is 14.4. The highest BCUT2D eigenvalue weighted by Crippen LogP contribution is 2.34. The number of hydrogen-bond donors (Lipinski definition) is 1. The summed E-state index contributed by atoms with van der Waals surface area (Å²) in [6.07, 6.45) is 2.44. The van der Waals surface area contributed by atoms with Gasteiger partial charge in [-0.3, -0.25) is 0 Å². The summed E-state index contributed by atoms with van der Waals surface area (Å²) < 4.78 is 5.31. The third-order valence-electron chi connectivity index (χ3n) is 3.90. The molecule has 0 aliphatic heterocycles. The van der Waals surface area contributed by atoms with Crippen molar-refractivity contribution in [3.8, 4) is 0 Å². The fraction of sp³-hybridized carbons (Fsp3) is 1.00. The van der Waals surface area contributed by atoms with Gasteiger partial charge in [0.25, 0.3) is 0 Å². The van der Waals surface area contributed by atoms with Gasteiger partial charge in [-0.2, -0.15) is 0 Å². The van der Waals surface area contributed by atoms with E-state index >= 15 is 0 Å². The van der Waals surface area contributed by atoms with Gasteiger partial charge >= 0.3 is 0 Å². The van der Waals surface area contributed by atoms with Crippen LogP contribution in [0.2, 0.25) is 0 Å². The molecule has 0 rings (SSSR count). The second-order valence-electron chi connectivity index (χ2n) is 5.45. The Bertz CT molecular complexity index is 164. The van der Waals surface area contributed by atoms with Crippen LogP contribution in [0, 0.1) is 17.3 Å². The second kappa shape index (κ2) is 8.08. The molecule has 0 radical (unpaired) electrons. The highest BCUT2D eigenvalue weighted by molar-refractivity contribution is 4.84. The lowest BCUT2D eigenvalue weighted by Gasteiger charge is -2.38. The van der Waals surface area contributed by atoms with Gasteiger partial charge in [-0.05, 0) is 36.6 Å². The Morgan fingerprint density at radius 3 is 2.06 bits per heavy atom. The van der Waals surface area contributed by atoms with Crippen molar-refractivity contribution in [2.24, 2.45) is 17.3 Å². The predicted octanol–water partition coefficient (Wildman–Crippen LogP) is 3.32. The summed E-state index contributed by atoms with van der Waals surface area (Å²) in [6, 6.07) is 0. The first-order valence-electron chi connectivity index (χ1n) is 6.72. The molecule has 0 fully saturated rings. The maximum absolute atomic E-state index is 5.31. The molecule has 1 atom stereocenters. The number of methoxy groups -OCH3 is 1. The van der Waals surface area contributed by atoms with E-state index in [1.165, 1.54) is 12.8 Å². The van der Waals surface area contributed by atoms with Gasteiger partial charge in [-0.15, -0.1) is 0 Å². The minimum atomic E-state index is 0.394. The van der Waals surface area contributed by atoms with Gasteiger partial charge < -0.3 is 10.1 Å². The molecule has 0 aromatic carbocycles. The third-order valence-corrected chi connectivity index (χ3v) is 3.90. The van der Waals surface area contributed by atoms with Crippen LogP contribution in [0.1, 0.15) is 47.5 Å². The zero-order chi connectivity index (χ0) is 12.6. The van der Waals surface area contributed by atoms with E-state index in [0.717, 1.165) is 25.6 Å². The average molecular weight is 229 g/mol. The Hall–Kier alpha value is -0.0800. The summed E-state index contributed by atoms with van der Waals surface area (Å²) in [5.74, 6) is 1.34. The molecule has 1 N–H and O–H groups in total. The van der Waals surface area contributed by atoms with Gasteiger partial charge in [-0.25, -0.2) is 0 Å². The molecule has 0 saturated carbocycles. The van der Waals surface area contributed by atoms with Gasteiger partial charge in [0.05, 0.1) is 0 Å². The van der Waals surface area contributed by atoms with Crippen LogP contribution in [-0.2, 0) is 4.74 Å². The Balaban J connectivity index is 4.31. The molecule has 0 aromatic heterocycles. The van der Waals surface area contributed by atoms with Crippen LogP contribution >= 0.6 is 0 Å². The molecule has 0 bridgehead atoms.